The zero-order valence-corrected chi connectivity index (χ0v) is 12.7. The van der Waals surface area contributed by atoms with Crippen molar-refractivity contribution in [1.29, 1.82) is 0 Å². The van der Waals surface area contributed by atoms with Crippen LogP contribution in [0.25, 0.3) is 0 Å². The van der Waals surface area contributed by atoms with Crippen molar-refractivity contribution in [2.75, 3.05) is 33.7 Å². The number of hydrogen-bond donors (Lipinski definition) is 1. The predicted octanol–water partition coefficient (Wildman–Crippen LogP) is 0.845. The second-order valence-electron chi connectivity index (χ2n) is 5.57. The normalized spacial score (nSPS) is 18.9. The van der Waals surface area contributed by atoms with Gasteiger partial charge in [0.2, 0.25) is 11.8 Å². The first-order valence-electron chi connectivity index (χ1n) is 7.20. The monoisotopic (exact) mass is 269 g/mol. The van der Waals surface area contributed by atoms with E-state index in [4.69, 9.17) is 0 Å². The second kappa shape index (κ2) is 6.89. The van der Waals surface area contributed by atoms with Crippen molar-refractivity contribution >= 4 is 11.8 Å². The van der Waals surface area contributed by atoms with Gasteiger partial charge in [-0.05, 0) is 46.3 Å². The van der Waals surface area contributed by atoms with E-state index in [1.807, 2.05) is 27.9 Å². The molecule has 110 valence electrons. The predicted molar refractivity (Wildman–Crippen MR) is 75.8 cm³/mol. The van der Waals surface area contributed by atoms with Crippen LogP contribution < -0.4 is 5.32 Å². The number of nitrogens with zero attached hydrogens (tertiary/aromatic N) is 2. The first-order valence-corrected chi connectivity index (χ1v) is 7.20. The number of rotatable bonds is 7. The molecule has 0 spiro atoms. The quantitative estimate of drug-likeness (QED) is 0.697. The molecule has 5 heteroatoms. The van der Waals surface area contributed by atoms with E-state index in [0.717, 1.165) is 19.4 Å². The van der Waals surface area contributed by atoms with Crippen LogP contribution in [-0.4, -0.2) is 60.9 Å². The molecule has 1 fully saturated rings. The Morgan fingerprint density at radius 2 is 1.84 bits per heavy atom. The summed E-state index contributed by atoms with van der Waals surface area (Å²) in [6.45, 7) is 5.82. The van der Waals surface area contributed by atoms with Gasteiger partial charge in [0, 0.05) is 6.54 Å². The zero-order chi connectivity index (χ0) is 14.5. The number of carbonyl (C=O) groups excluding carboxylic acids is 2. The Labute approximate surface area is 116 Å². The van der Waals surface area contributed by atoms with Crippen molar-refractivity contribution in [3.8, 4) is 0 Å². The van der Waals surface area contributed by atoms with Gasteiger partial charge in [0.15, 0.2) is 0 Å². The van der Waals surface area contributed by atoms with Gasteiger partial charge in [-0.3, -0.25) is 9.59 Å². The molecule has 0 unspecified atom stereocenters. The Morgan fingerprint density at radius 1 is 1.21 bits per heavy atom. The van der Waals surface area contributed by atoms with Crippen LogP contribution >= 0.6 is 0 Å². The minimum Gasteiger partial charge on any atom is -0.340 e. The smallest absolute Gasteiger partial charge is 0.248 e. The Balaban J connectivity index is 2.57. The van der Waals surface area contributed by atoms with Crippen LogP contribution in [0.2, 0.25) is 0 Å². The van der Waals surface area contributed by atoms with Gasteiger partial charge in [0.25, 0.3) is 0 Å². The summed E-state index contributed by atoms with van der Waals surface area (Å²) in [5.41, 5.74) is -0.670. The lowest BCUT2D eigenvalue weighted by molar-refractivity contribution is -0.150. The molecule has 1 aliphatic heterocycles. The van der Waals surface area contributed by atoms with Gasteiger partial charge < -0.3 is 15.1 Å². The third-order valence-corrected chi connectivity index (χ3v) is 3.90. The Bertz CT molecular complexity index is 325. The SMILES string of the molecule is CCC1(CC)NC(=O)CN(CCCCN(C)C)C1=O. The van der Waals surface area contributed by atoms with Crippen molar-refractivity contribution in [2.45, 2.75) is 45.1 Å². The molecule has 0 bridgehead atoms. The lowest BCUT2D eigenvalue weighted by Crippen LogP contribution is -2.66. The molecule has 1 N–H and O–H groups in total. The van der Waals surface area contributed by atoms with Crippen LogP contribution in [0.15, 0.2) is 0 Å². The number of carbonyl (C=O) groups is 2. The van der Waals surface area contributed by atoms with E-state index < -0.39 is 5.54 Å². The lowest BCUT2D eigenvalue weighted by Gasteiger charge is -2.41. The highest BCUT2D eigenvalue weighted by atomic mass is 16.2. The van der Waals surface area contributed by atoms with E-state index in [1.54, 1.807) is 4.90 Å². The third-order valence-electron chi connectivity index (χ3n) is 3.90. The molecule has 0 atom stereocenters. The minimum absolute atomic E-state index is 0.0316. The molecular formula is C14H27N3O2. The molecule has 0 aliphatic carbocycles. The largest absolute Gasteiger partial charge is 0.340 e. The number of amides is 2. The summed E-state index contributed by atoms with van der Waals surface area (Å²) in [7, 11) is 4.08. The summed E-state index contributed by atoms with van der Waals surface area (Å²) < 4.78 is 0. The maximum atomic E-state index is 12.5. The number of unbranched alkanes of at least 4 members (excludes halogenated alkanes) is 1. The molecule has 0 aromatic carbocycles. The molecule has 0 saturated carbocycles. The lowest BCUT2D eigenvalue weighted by atomic mass is 9.89. The number of piperazine rings is 1. The van der Waals surface area contributed by atoms with Gasteiger partial charge in [-0.25, -0.2) is 0 Å². The summed E-state index contributed by atoms with van der Waals surface area (Å²) in [5.74, 6) is 0.0536. The van der Waals surface area contributed by atoms with Crippen molar-refractivity contribution in [3.63, 3.8) is 0 Å². The fourth-order valence-electron chi connectivity index (χ4n) is 2.55. The highest BCUT2D eigenvalue weighted by Gasteiger charge is 2.43. The van der Waals surface area contributed by atoms with Crippen LogP contribution in [0, 0.1) is 0 Å². The average Bonchev–Trinajstić information content (AvgIpc) is 2.38. The second-order valence-corrected chi connectivity index (χ2v) is 5.57. The van der Waals surface area contributed by atoms with Crippen molar-refractivity contribution in [2.24, 2.45) is 0 Å². The molecule has 0 radical (unpaired) electrons. The van der Waals surface area contributed by atoms with Crippen molar-refractivity contribution in [3.05, 3.63) is 0 Å². The Kier molecular flexibility index (Phi) is 5.79. The first kappa shape index (κ1) is 16.0. The molecule has 1 rings (SSSR count). The molecule has 1 saturated heterocycles. The van der Waals surface area contributed by atoms with E-state index in [2.05, 4.69) is 10.2 Å². The third kappa shape index (κ3) is 3.93. The summed E-state index contributed by atoms with van der Waals surface area (Å²) in [6.07, 6.45) is 3.30. The summed E-state index contributed by atoms with van der Waals surface area (Å²) >= 11 is 0. The molecule has 5 nitrogen and oxygen atoms in total. The first-order chi connectivity index (χ1) is 8.95. The van der Waals surface area contributed by atoms with Gasteiger partial charge in [-0.1, -0.05) is 13.8 Å². The molecule has 0 aromatic heterocycles. The number of nitrogens with one attached hydrogen (secondary N) is 1. The summed E-state index contributed by atoms with van der Waals surface area (Å²) in [5, 5.41) is 2.88. The zero-order valence-electron chi connectivity index (χ0n) is 12.7. The maximum absolute atomic E-state index is 12.5. The van der Waals surface area contributed by atoms with Crippen LogP contribution in [0.1, 0.15) is 39.5 Å². The molecular weight excluding hydrogens is 242 g/mol. The Morgan fingerprint density at radius 3 is 2.37 bits per heavy atom. The summed E-state index contributed by atoms with van der Waals surface area (Å²) in [4.78, 5) is 28.1. The maximum Gasteiger partial charge on any atom is 0.248 e. The fraction of sp³-hybridized carbons (Fsp3) is 0.857. The van der Waals surface area contributed by atoms with Crippen LogP contribution in [0.3, 0.4) is 0 Å². The van der Waals surface area contributed by atoms with Crippen molar-refractivity contribution < 1.29 is 9.59 Å². The van der Waals surface area contributed by atoms with E-state index in [0.29, 0.717) is 19.4 Å². The summed E-state index contributed by atoms with van der Waals surface area (Å²) in [6, 6.07) is 0. The van der Waals surface area contributed by atoms with Crippen LogP contribution in [0.4, 0.5) is 0 Å². The van der Waals surface area contributed by atoms with Crippen LogP contribution in [-0.2, 0) is 9.59 Å². The van der Waals surface area contributed by atoms with Crippen molar-refractivity contribution in [1.82, 2.24) is 15.1 Å². The fourth-order valence-corrected chi connectivity index (χ4v) is 2.55. The minimum atomic E-state index is -0.670. The molecule has 1 aliphatic rings. The van der Waals surface area contributed by atoms with Gasteiger partial charge in [-0.2, -0.15) is 0 Å². The highest BCUT2D eigenvalue weighted by Crippen LogP contribution is 2.22. The average molecular weight is 269 g/mol. The molecule has 0 aromatic rings. The van der Waals surface area contributed by atoms with E-state index >= 15 is 0 Å². The molecule has 19 heavy (non-hydrogen) atoms. The van der Waals surface area contributed by atoms with Gasteiger partial charge >= 0.3 is 0 Å². The molecule has 1 heterocycles. The standard InChI is InChI=1S/C14H27N3O2/c1-5-14(6-2)13(19)17(11-12(18)15-14)10-8-7-9-16(3)4/h5-11H2,1-4H3,(H,15,18). The van der Waals surface area contributed by atoms with Gasteiger partial charge in [-0.15, -0.1) is 0 Å². The van der Waals surface area contributed by atoms with Crippen LogP contribution in [0.5, 0.6) is 0 Å². The van der Waals surface area contributed by atoms with Gasteiger partial charge in [0.05, 0.1) is 6.54 Å². The topological polar surface area (TPSA) is 52.7 Å². The Hall–Kier alpha value is -1.10. The van der Waals surface area contributed by atoms with E-state index in [1.165, 1.54) is 0 Å². The van der Waals surface area contributed by atoms with E-state index in [9.17, 15) is 9.59 Å². The van der Waals surface area contributed by atoms with E-state index in [-0.39, 0.29) is 18.4 Å². The highest BCUT2D eigenvalue weighted by molar-refractivity contribution is 5.97. The number of hydrogen-bond acceptors (Lipinski definition) is 3. The molecule has 2 amide bonds. The van der Waals surface area contributed by atoms with Gasteiger partial charge in [0.1, 0.15) is 5.54 Å².